The second kappa shape index (κ2) is 10.9. The summed E-state index contributed by atoms with van der Waals surface area (Å²) >= 11 is 13.3. The summed E-state index contributed by atoms with van der Waals surface area (Å²) in [6.45, 7) is 3.02. The van der Waals surface area contributed by atoms with Crippen molar-refractivity contribution in [3.05, 3.63) is 70.2 Å². The number of amides is 1. The maximum absolute atomic E-state index is 13.3. The Morgan fingerprint density at radius 1 is 0.946 bits per heavy atom. The van der Waals surface area contributed by atoms with E-state index in [2.05, 4.69) is 25.2 Å². The number of methoxy groups -OCH3 is 2. The van der Waals surface area contributed by atoms with Gasteiger partial charge in [-0.05, 0) is 44.1 Å². The number of carbonyl (C=O) groups is 1. The van der Waals surface area contributed by atoms with Gasteiger partial charge in [-0.1, -0.05) is 29.3 Å². The first kappa shape index (κ1) is 25.2. The number of nitrogens with one attached hydrogen (secondary N) is 1. The zero-order chi connectivity index (χ0) is 25.9. The van der Waals surface area contributed by atoms with Crippen LogP contribution >= 0.6 is 23.2 Å². The first-order chi connectivity index (χ1) is 18.0. The average molecular weight is 538 g/mol. The van der Waals surface area contributed by atoms with Crippen molar-refractivity contribution in [2.24, 2.45) is 0 Å². The lowest BCUT2D eigenvalue weighted by Gasteiger charge is -2.16. The highest BCUT2D eigenvalue weighted by Crippen LogP contribution is 2.47. The van der Waals surface area contributed by atoms with E-state index in [1.165, 1.54) is 33.3 Å². The van der Waals surface area contributed by atoms with Crippen LogP contribution in [0.5, 0.6) is 11.5 Å². The molecular weight excluding hydrogens is 513 g/mol. The van der Waals surface area contributed by atoms with Gasteiger partial charge in [-0.15, -0.1) is 0 Å². The van der Waals surface area contributed by atoms with Crippen molar-refractivity contribution in [1.29, 1.82) is 0 Å². The number of likely N-dealkylation sites (tertiary alicyclic amines) is 1. The molecule has 1 amide bonds. The van der Waals surface area contributed by atoms with Gasteiger partial charge < -0.3 is 14.8 Å². The summed E-state index contributed by atoms with van der Waals surface area (Å²) < 4.78 is 10.8. The predicted octanol–water partition coefficient (Wildman–Crippen LogP) is 5.86. The molecule has 1 N–H and O–H groups in total. The van der Waals surface area contributed by atoms with Crippen molar-refractivity contribution in [2.45, 2.75) is 19.4 Å². The first-order valence-corrected chi connectivity index (χ1v) is 12.6. The maximum atomic E-state index is 13.3. The molecule has 1 aliphatic rings. The van der Waals surface area contributed by atoms with Crippen molar-refractivity contribution < 1.29 is 14.3 Å². The van der Waals surface area contributed by atoms with Gasteiger partial charge in [0.05, 0.1) is 52.9 Å². The summed E-state index contributed by atoms with van der Waals surface area (Å²) in [6, 6.07) is 8.84. The summed E-state index contributed by atoms with van der Waals surface area (Å²) in [5, 5.41) is 3.52. The average Bonchev–Trinajstić information content (AvgIpc) is 3.43. The monoisotopic (exact) mass is 537 g/mol. The van der Waals surface area contributed by atoms with Crippen LogP contribution in [0.4, 0.5) is 5.69 Å². The Bertz CT molecular complexity index is 1430. The number of aromatic nitrogens is 3. The van der Waals surface area contributed by atoms with Gasteiger partial charge in [0.25, 0.3) is 5.91 Å². The lowest BCUT2D eigenvalue weighted by atomic mass is 9.99. The number of hydrogen-bond acceptors (Lipinski definition) is 7. The summed E-state index contributed by atoms with van der Waals surface area (Å²) in [7, 11) is 3.02. The van der Waals surface area contributed by atoms with Crippen LogP contribution < -0.4 is 14.8 Å². The summed E-state index contributed by atoms with van der Waals surface area (Å²) in [5.41, 5.74) is 3.88. The number of hydrogen-bond donors (Lipinski definition) is 1. The zero-order valence-electron chi connectivity index (χ0n) is 20.4. The third-order valence-corrected chi connectivity index (χ3v) is 7.13. The summed E-state index contributed by atoms with van der Waals surface area (Å²) in [5.74, 6) is 0.474. The number of pyridine rings is 1. The molecule has 10 heteroatoms. The number of rotatable bonds is 7. The molecular formula is C27H25Cl2N5O3. The van der Waals surface area contributed by atoms with Crippen molar-refractivity contribution in [1.82, 2.24) is 19.9 Å². The fourth-order valence-corrected chi connectivity index (χ4v) is 5.23. The van der Waals surface area contributed by atoms with E-state index in [4.69, 9.17) is 32.7 Å². The molecule has 1 fully saturated rings. The fourth-order valence-electron chi connectivity index (χ4n) is 4.52. The molecule has 8 nitrogen and oxygen atoms in total. The lowest BCUT2D eigenvalue weighted by molar-refractivity contribution is 0.102. The summed E-state index contributed by atoms with van der Waals surface area (Å²) in [6.07, 6.45) is 7.22. The normalized spacial score (nSPS) is 13.6. The topological polar surface area (TPSA) is 89.5 Å². The molecule has 1 saturated heterocycles. The van der Waals surface area contributed by atoms with Crippen LogP contribution in [0.3, 0.4) is 0 Å². The number of ether oxygens (including phenoxy) is 2. The highest BCUT2D eigenvalue weighted by molar-refractivity contribution is 6.41. The molecule has 2 aromatic carbocycles. The Morgan fingerprint density at radius 3 is 2.24 bits per heavy atom. The Balaban J connectivity index is 1.48. The van der Waals surface area contributed by atoms with Gasteiger partial charge in [-0.2, -0.15) is 0 Å². The molecule has 190 valence electrons. The SMILES string of the molecule is COc1cc(OC)c(Cl)c(-c2ccc(C(=O)Nc3ccc(CN4CCCC4)nc3)c3nccnc23)c1Cl. The molecule has 0 spiro atoms. The summed E-state index contributed by atoms with van der Waals surface area (Å²) in [4.78, 5) is 29.1. The highest BCUT2D eigenvalue weighted by Gasteiger charge is 2.23. The van der Waals surface area contributed by atoms with Crippen LogP contribution in [0, 0.1) is 0 Å². The van der Waals surface area contributed by atoms with E-state index < -0.39 is 0 Å². The van der Waals surface area contributed by atoms with E-state index in [1.54, 1.807) is 30.6 Å². The fraction of sp³-hybridized carbons (Fsp3) is 0.259. The molecule has 0 atom stereocenters. The van der Waals surface area contributed by atoms with Crippen LogP contribution in [-0.4, -0.2) is 53.1 Å². The van der Waals surface area contributed by atoms with E-state index in [0.717, 1.165) is 25.3 Å². The molecule has 0 bridgehead atoms. The standard InChI is InChI=1S/C27H25Cl2N5O3/c1-36-20-13-21(37-2)24(29)22(23(20)28)18-7-8-19(26-25(18)30-9-10-31-26)27(35)33-16-5-6-17(32-14-16)15-34-11-3-4-12-34/h5-10,13-14H,3-4,11-12,15H2,1-2H3,(H,33,35). The van der Waals surface area contributed by atoms with Crippen LogP contribution in [0.2, 0.25) is 10.0 Å². The molecule has 0 aliphatic carbocycles. The minimum absolute atomic E-state index is 0.303. The predicted molar refractivity (Wildman–Crippen MR) is 145 cm³/mol. The molecule has 2 aromatic heterocycles. The second-order valence-corrected chi connectivity index (χ2v) is 9.43. The minimum atomic E-state index is -0.327. The third kappa shape index (κ3) is 5.05. The van der Waals surface area contributed by atoms with Crippen LogP contribution in [0.25, 0.3) is 22.2 Å². The molecule has 5 rings (SSSR count). The second-order valence-electron chi connectivity index (χ2n) is 8.67. The molecule has 4 aromatic rings. The Kier molecular flexibility index (Phi) is 7.41. The minimum Gasteiger partial charge on any atom is -0.495 e. The van der Waals surface area contributed by atoms with Crippen LogP contribution in [0.15, 0.2) is 48.9 Å². The Morgan fingerprint density at radius 2 is 1.62 bits per heavy atom. The number of halogens is 2. The molecule has 0 saturated carbocycles. The first-order valence-electron chi connectivity index (χ1n) is 11.8. The van der Waals surface area contributed by atoms with Crippen molar-refractivity contribution in [2.75, 3.05) is 32.6 Å². The van der Waals surface area contributed by atoms with E-state index >= 15 is 0 Å². The van der Waals surface area contributed by atoms with E-state index in [1.807, 2.05) is 12.1 Å². The van der Waals surface area contributed by atoms with E-state index in [0.29, 0.717) is 55.0 Å². The lowest BCUT2D eigenvalue weighted by Crippen LogP contribution is -2.19. The van der Waals surface area contributed by atoms with Crippen molar-refractivity contribution in [3.63, 3.8) is 0 Å². The van der Waals surface area contributed by atoms with Crippen molar-refractivity contribution >= 4 is 45.8 Å². The highest BCUT2D eigenvalue weighted by atomic mass is 35.5. The quantitative estimate of drug-likeness (QED) is 0.315. The number of carbonyl (C=O) groups excluding carboxylic acids is 1. The molecule has 37 heavy (non-hydrogen) atoms. The van der Waals surface area contributed by atoms with Gasteiger partial charge in [0.1, 0.15) is 17.0 Å². The zero-order valence-corrected chi connectivity index (χ0v) is 21.9. The van der Waals surface area contributed by atoms with Crippen molar-refractivity contribution in [3.8, 4) is 22.6 Å². The number of anilines is 1. The van der Waals surface area contributed by atoms with Gasteiger partial charge >= 0.3 is 0 Å². The van der Waals surface area contributed by atoms with E-state index in [9.17, 15) is 4.79 Å². The number of benzene rings is 2. The molecule has 0 radical (unpaired) electrons. The number of nitrogens with zero attached hydrogens (tertiary/aromatic N) is 4. The van der Waals surface area contributed by atoms with Crippen LogP contribution in [-0.2, 0) is 6.54 Å². The largest absolute Gasteiger partial charge is 0.495 e. The molecule has 0 unspecified atom stereocenters. The van der Waals surface area contributed by atoms with Gasteiger partial charge in [-0.25, -0.2) is 0 Å². The Labute approximate surface area is 224 Å². The van der Waals surface area contributed by atoms with Gasteiger partial charge in [-0.3, -0.25) is 24.6 Å². The molecule has 3 heterocycles. The van der Waals surface area contributed by atoms with Gasteiger partial charge in [0.2, 0.25) is 0 Å². The van der Waals surface area contributed by atoms with Gasteiger partial charge in [0, 0.05) is 36.1 Å². The Hall–Kier alpha value is -3.46. The number of fused-ring (bicyclic) bond motifs is 1. The van der Waals surface area contributed by atoms with Crippen LogP contribution in [0.1, 0.15) is 28.9 Å². The van der Waals surface area contributed by atoms with E-state index in [-0.39, 0.29) is 5.91 Å². The maximum Gasteiger partial charge on any atom is 0.257 e. The van der Waals surface area contributed by atoms with Gasteiger partial charge in [0.15, 0.2) is 0 Å². The smallest absolute Gasteiger partial charge is 0.257 e. The third-order valence-electron chi connectivity index (χ3n) is 6.38. The molecule has 1 aliphatic heterocycles.